The van der Waals surface area contributed by atoms with Gasteiger partial charge in [-0.25, -0.2) is 0 Å². The van der Waals surface area contributed by atoms with E-state index in [0.29, 0.717) is 0 Å². The van der Waals surface area contributed by atoms with Gasteiger partial charge < -0.3 is 9.47 Å². The first kappa shape index (κ1) is 8.74. The molecule has 0 aliphatic carbocycles. The average Bonchev–Trinajstić information content (AvgIpc) is 2.23. The number of nitrogens with zero attached hydrogens (tertiary/aromatic N) is 3. The molecule has 1 aliphatic heterocycles. The smallest absolute Gasteiger partial charge is 0.250 e. The molecule has 0 radical (unpaired) electrons. The summed E-state index contributed by atoms with van der Waals surface area (Å²) in [5, 5.41) is 0. The number of rotatable bonds is 1. The van der Waals surface area contributed by atoms with Crippen molar-refractivity contribution in [3.63, 3.8) is 0 Å². The monoisotopic (exact) mass is 189 g/mol. The molecule has 0 atom stereocenters. The van der Waals surface area contributed by atoms with Crippen molar-refractivity contribution in [2.24, 2.45) is 12.0 Å². The summed E-state index contributed by atoms with van der Waals surface area (Å²) in [5.41, 5.74) is 0.998. The highest BCUT2D eigenvalue weighted by Gasteiger charge is 2.04. The summed E-state index contributed by atoms with van der Waals surface area (Å²) in [6.45, 7) is 0.745. The zero-order valence-corrected chi connectivity index (χ0v) is 7.92. The maximum absolute atomic E-state index is 11.2. The van der Waals surface area contributed by atoms with Gasteiger partial charge in [-0.15, -0.1) is 0 Å². The van der Waals surface area contributed by atoms with Crippen LogP contribution < -0.4 is 10.5 Å². The van der Waals surface area contributed by atoms with Gasteiger partial charge in [0.05, 0.1) is 12.2 Å². The molecule has 0 saturated heterocycles. The molecule has 72 valence electrons. The van der Waals surface area contributed by atoms with Crippen molar-refractivity contribution in [3.05, 3.63) is 41.1 Å². The predicted octanol–water partition coefficient (Wildman–Crippen LogP) is 0.747. The number of aliphatic imine (C=N–C) groups is 1. The van der Waals surface area contributed by atoms with Crippen LogP contribution in [0.4, 0.5) is 5.69 Å². The van der Waals surface area contributed by atoms with Gasteiger partial charge in [0.25, 0.3) is 0 Å². The lowest BCUT2D eigenvalue weighted by atomic mass is 10.3. The Morgan fingerprint density at radius 1 is 1.43 bits per heavy atom. The quantitative estimate of drug-likeness (QED) is 0.653. The van der Waals surface area contributed by atoms with Crippen molar-refractivity contribution in [1.82, 2.24) is 4.57 Å². The minimum Gasteiger partial charge on any atom is -0.340 e. The van der Waals surface area contributed by atoms with E-state index >= 15 is 0 Å². The van der Waals surface area contributed by atoms with Crippen molar-refractivity contribution in [2.75, 3.05) is 11.4 Å². The zero-order valence-electron chi connectivity index (χ0n) is 7.92. The number of hydrogen-bond acceptors (Lipinski definition) is 3. The molecular formula is C10H11N3O. The van der Waals surface area contributed by atoms with Crippen LogP contribution in [0.5, 0.6) is 0 Å². The fraction of sp³-hybridized carbons (Fsp3) is 0.200. The second-order valence-corrected chi connectivity index (χ2v) is 3.12. The summed E-state index contributed by atoms with van der Waals surface area (Å²) >= 11 is 0. The van der Waals surface area contributed by atoms with E-state index in [1.807, 2.05) is 29.6 Å². The van der Waals surface area contributed by atoms with Crippen molar-refractivity contribution in [2.45, 2.75) is 0 Å². The van der Waals surface area contributed by atoms with Crippen molar-refractivity contribution < 1.29 is 0 Å². The lowest BCUT2D eigenvalue weighted by Crippen LogP contribution is -2.23. The molecule has 1 aromatic heterocycles. The molecule has 1 aliphatic rings. The summed E-state index contributed by atoms with van der Waals surface area (Å²) in [5.74, 6) is 0. The first-order valence-corrected chi connectivity index (χ1v) is 4.39. The van der Waals surface area contributed by atoms with Gasteiger partial charge >= 0.3 is 0 Å². The molecule has 2 rings (SSSR count). The standard InChI is InChI=1S/C10H11N3O/c1-12-8-9(2-3-10(12)14)13-6-4-11-5-7-13/h2-6,8H,7H2,1H3. The van der Waals surface area contributed by atoms with Crippen LogP contribution in [-0.2, 0) is 7.05 Å². The fourth-order valence-electron chi connectivity index (χ4n) is 1.32. The molecule has 0 fully saturated rings. The lowest BCUT2D eigenvalue weighted by molar-refractivity contribution is 0.854. The van der Waals surface area contributed by atoms with Crippen molar-refractivity contribution >= 4 is 11.9 Å². The predicted molar refractivity (Wildman–Crippen MR) is 56.7 cm³/mol. The largest absolute Gasteiger partial charge is 0.340 e. The minimum atomic E-state index is 0.00315. The number of anilines is 1. The Balaban J connectivity index is 2.33. The maximum atomic E-state index is 11.2. The third-order valence-electron chi connectivity index (χ3n) is 2.12. The zero-order chi connectivity index (χ0) is 9.97. The summed E-state index contributed by atoms with van der Waals surface area (Å²) in [4.78, 5) is 17.2. The van der Waals surface area contributed by atoms with Crippen LogP contribution in [0.25, 0.3) is 0 Å². The summed E-state index contributed by atoms with van der Waals surface area (Å²) in [6.07, 6.45) is 7.26. The summed E-state index contributed by atoms with van der Waals surface area (Å²) in [6, 6.07) is 3.38. The van der Waals surface area contributed by atoms with Crippen LogP contribution in [-0.4, -0.2) is 17.3 Å². The average molecular weight is 189 g/mol. The Hall–Kier alpha value is -1.84. The van der Waals surface area contributed by atoms with E-state index in [-0.39, 0.29) is 5.56 Å². The highest BCUT2D eigenvalue weighted by molar-refractivity contribution is 5.69. The van der Waals surface area contributed by atoms with Crippen LogP contribution in [0.1, 0.15) is 0 Å². The number of aromatic nitrogens is 1. The fourth-order valence-corrected chi connectivity index (χ4v) is 1.32. The minimum absolute atomic E-state index is 0.00315. The first-order chi connectivity index (χ1) is 6.77. The Kier molecular flexibility index (Phi) is 2.18. The number of aryl methyl sites for hydroxylation is 1. The summed E-state index contributed by atoms with van der Waals surface area (Å²) < 4.78 is 1.56. The molecule has 14 heavy (non-hydrogen) atoms. The second kappa shape index (κ2) is 3.49. The maximum Gasteiger partial charge on any atom is 0.250 e. The lowest BCUT2D eigenvalue weighted by Gasteiger charge is -2.20. The van der Waals surface area contributed by atoms with E-state index in [4.69, 9.17) is 0 Å². The number of pyridine rings is 1. The molecule has 4 heteroatoms. The van der Waals surface area contributed by atoms with Gasteiger partial charge in [0.1, 0.15) is 0 Å². The highest BCUT2D eigenvalue weighted by atomic mass is 16.1. The Labute approximate surface area is 81.8 Å². The van der Waals surface area contributed by atoms with Crippen LogP contribution in [0.15, 0.2) is 40.5 Å². The third kappa shape index (κ3) is 1.59. The third-order valence-corrected chi connectivity index (χ3v) is 2.12. The van der Waals surface area contributed by atoms with Crippen LogP contribution in [0.3, 0.4) is 0 Å². The van der Waals surface area contributed by atoms with Crippen molar-refractivity contribution in [3.8, 4) is 0 Å². The normalized spacial score (nSPS) is 14.8. The van der Waals surface area contributed by atoms with Gasteiger partial charge in [-0.2, -0.15) is 0 Å². The van der Waals surface area contributed by atoms with Crippen LogP contribution in [0.2, 0.25) is 0 Å². The molecule has 0 spiro atoms. The van der Waals surface area contributed by atoms with Gasteiger partial charge in [-0.3, -0.25) is 9.79 Å². The molecule has 0 amide bonds. The van der Waals surface area contributed by atoms with E-state index in [0.717, 1.165) is 12.2 Å². The highest BCUT2D eigenvalue weighted by Crippen LogP contribution is 2.12. The Bertz CT molecular complexity index is 445. The number of hydrogen-bond donors (Lipinski definition) is 0. The van der Waals surface area contributed by atoms with Crippen LogP contribution in [0, 0.1) is 0 Å². The van der Waals surface area contributed by atoms with Gasteiger partial charge in [0.15, 0.2) is 0 Å². The topological polar surface area (TPSA) is 37.6 Å². The van der Waals surface area contributed by atoms with E-state index in [1.165, 1.54) is 0 Å². The SMILES string of the molecule is Cn1cc(N2C=CN=CC2)ccc1=O. The van der Waals surface area contributed by atoms with E-state index < -0.39 is 0 Å². The summed E-state index contributed by atoms with van der Waals surface area (Å²) in [7, 11) is 1.74. The van der Waals surface area contributed by atoms with Gasteiger partial charge in [-0.05, 0) is 6.07 Å². The van der Waals surface area contributed by atoms with Gasteiger partial charge in [-0.1, -0.05) is 0 Å². The van der Waals surface area contributed by atoms with E-state index in [9.17, 15) is 4.79 Å². The molecule has 4 nitrogen and oxygen atoms in total. The molecule has 0 N–H and O–H groups in total. The van der Waals surface area contributed by atoms with Gasteiger partial charge in [0, 0.05) is 37.9 Å². The molecule has 0 saturated carbocycles. The molecule has 0 aromatic carbocycles. The molecule has 1 aromatic rings. The van der Waals surface area contributed by atoms with Gasteiger partial charge in [0.2, 0.25) is 5.56 Å². The molecule has 2 heterocycles. The second-order valence-electron chi connectivity index (χ2n) is 3.12. The van der Waals surface area contributed by atoms with Crippen molar-refractivity contribution in [1.29, 1.82) is 0 Å². The van der Waals surface area contributed by atoms with E-state index in [2.05, 4.69) is 4.99 Å². The Morgan fingerprint density at radius 2 is 2.29 bits per heavy atom. The van der Waals surface area contributed by atoms with E-state index in [1.54, 1.807) is 23.9 Å². The molecule has 0 bridgehead atoms. The molecular weight excluding hydrogens is 178 g/mol. The first-order valence-electron chi connectivity index (χ1n) is 4.39. The molecule has 0 unspecified atom stereocenters. The van der Waals surface area contributed by atoms with Crippen LogP contribution >= 0.6 is 0 Å². The Morgan fingerprint density at radius 3 is 2.93 bits per heavy atom.